The summed E-state index contributed by atoms with van der Waals surface area (Å²) in [6.45, 7) is 7.74. The molecule has 5 nitrogen and oxygen atoms in total. The number of rotatable bonds is 6. The first-order chi connectivity index (χ1) is 13.7. The zero-order valence-electron chi connectivity index (χ0n) is 16.9. The molecule has 5 heteroatoms. The van der Waals surface area contributed by atoms with E-state index in [1.807, 2.05) is 12.1 Å². The Morgan fingerprint density at radius 1 is 1.18 bits per heavy atom. The average Bonchev–Trinajstić information content (AvgIpc) is 3.04. The number of aromatic nitrogens is 1. The van der Waals surface area contributed by atoms with Gasteiger partial charge in [0, 0.05) is 51.2 Å². The van der Waals surface area contributed by atoms with E-state index in [0.717, 1.165) is 63.8 Å². The molecule has 0 amide bonds. The zero-order valence-corrected chi connectivity index (χ0v) is 16.9. The lowest BCUT2D eigenvalue weighted by Crippen LogP contribution is -2.39. The van der Waals surface area contributed by atoms with Crippen molar-refractivity contribution in [2.75, 3.05) is 40.0 Å². The zero-order chi connectivity index (χ0) is 19.4. The lowest BCUT2D eigenvalue weighted by Gasteiger charge is -2.38. The van der Waals surface area contributed by atoms with E-state index in [-0.39, 0.29) is 0 Å². The number of aryl methyl sites for hydroxylation is 1. The fourth-order valence-corrected chi connectivity index (χ4v) is 4.77. The first-order valence-electron chi connectivity index (χ1n) is 10.1. The van der Waals surface area contributed by atoms with Crippen LogP contribution in [-0.2, 0) is 11.3 Å². The van der Waals surface area contributed by atoms with Crippen molar-refractivity contribution in [2.45, 2.75) is 26.3 Å². The molecule has 3 heterocycles. The topological polar surface area (TPSA) is 43.8 Å². The van der Waals surface area contributed by atoms with Crippen molar-refractivity contribution in [1.29, 1.82) is 0 Å². The summed E-state index contributed by atoms with van der Waals surface area (Å²) in [6.07, 6.45) is 5.81. The van der Waals surface area contributed by atoms with Gasteiger partial charge >= 0.3 is 0 Å². The van der Waals surface area contributed by atoms with Gasteiger partial charge in [0.1, 0.15) is 11.5 Å². The summed E-state index contributed by atoms with van der Waals surface area (Å²) in [7, 11) is 1.73. The predicted octanol–water partition coefficient (Wildman–Crippen LogP) is 3.71. The van der Waals surface area contributed by atoms with E-state index in [1.54, 1.807) is 19.5 Å². The van der Waals surface area contributed by atoms with Crippen molar-refractivity contribution in [3.63, 3.8) is 0 Å². The number of pyridine rings is 1. The van der Waals surface area contributed by atoms with Gasteiger partial charge in [0.25, 0.3) is 0 Å². The molecular weight excluding hydrogens is 352 g/mol. The van der Waals surface area contributed by atoms with Crippen LogP contribution in [0.4, 0.5) is 0 Å². The maximum atomic E-state index is 6.14. The highest BCUT2D eigenvalue weighted by atomic mass is 16.5. The molecule has 0 bridgehead atoms. The van der Waals surface area contributed by atoms with Crippen LogP contribution in [0.2, 0.25) is 0 Å². The minimum absolute atomic E-state index is 0.298. The lowest BCUT2D eigenvalue weighted by molar-refractivity contribution is -0.00941. The summed E-state index contributed by atoms with van der Waals surface area (Å²) in [5, 5.41) is 0. The van der Waals surface area contributed by atoms with Crippen LogP contribution in [0.25, 0.3) is 0 Å². The van der Waals surface area contributed by atoms with Crippen molar-refractivity contribution in [3.8, 4) is 11.5 Å². The van der Waals surface area contributed by atoms with Gasteiger partial charge in [-0.15, -0.1) is 0 Å². The molecule has 2 aromatic rings. The average molecular weight is 383 g/mol. The van der Waals surface area contributed by atoms with Crippen LogP contribution in [0.15, 0.2) is 42.7 Å². The van der Waals surface area contributed by atoms with Crippen LogP contribution in [0.3, 0.4) is 0 Å². The molecule has 2 aliphatic heterocycles. The van der Waals surface area contributed by atoms with E-state index >= 15 is 0 Å². The van der Waals surface area contributed by atoms with Gasteiger partial charge in [-0.3, -0.25) is 9.88 Å². The summed E-state index contributed by atoms with van der Waals surface area (Å²) >= 11 is 0. The van der Waals surface area contributed by atoms with Crippen LogP contribution in [-0.4, -0.2) is 49.9 Å². The molecule has 0 unspecified atom stereocenters. The number of methoxy groups -OCH3 is 1. The van der Waals surface area contributed by atoms with Gasteiger partial charge in [-0.2, -0.15) is 0 Å². The molecule has 150 valence electrons. The van der Waals surface area contributed by atoms with Crippen LogP contribution in [0.5, 0.6) is 11.5 Å². The molecule has 1 spiro atoms. The lowest BCUT2D eigenvalue weighted by atomic mass is 9.72. The fraction of sp³-hybridized carbons (Fsp3) is 0.522. The fourth-order valence-electron chi connectivity index (χ4n) is 4.77. The van der Waals surface area contributed by atoms with E-state index in [2.05, 4.69) is 35.0 Å². The first kappa shape index (κ1) is 19.2. The van der Waals surface area contributed by atoms with Gasteiger partial charge in [-0.1, -0.05) is 12.1 Å². The second kappa shape index (κ2) is 8.50. The third kappa shape index (κ3) is 4.15. The maximum absolute atomic E-state index is 6.14. The van der Waals surface area contributed by atoms with Crippen LogP contribution >= 0.6 is 0 Å². The second-order valence-electron chi connectivity index (χ2n) is 8.14. The normalized spacial score (nSPS) is 21.7. The Hall–Kier alpha value is -2.11. The Labute approximate surface area is 167 Å². The molecule has 1 aromatic carbocycles. The Morgan fingerprint density at radius 2 is 1.96 bits per heavy atom. The van der Waals surface area contributed by atoms with Crippen LogP contribution in [0, 0.1) is 18.3 Å². The van der Waals surface area contributed by atoms with Crippen LogP contribution in [0.1, 0.15) is 24.0 Å². The molecule has 0 N–H and O–H groups in total. The Kier molecular flexibility index (Phi) is 5.83. The largest absolute Gasteiger partial charge is 0.496 e. The minimum atomic E-state index is 0.298. The van der Waals surface area contributed by atoms with Gasteiger partial charge in [0.2, 0.25) is 0 Å². The van der Waals surface area contributed by atoms with Crippen molar-refractivity contribution in [2.24, 2.45) is 11.3 Å². The molecule has 0 saturated carbocycles. The van der Waals surface area contributed by atoms with E-state index < -0.39 is 0 Å². The van der Waals surface area contributed by atoms with Crippen molar-refractivity contribution in [1.82, 2.24) is 9.88 Å². The molecule has 2 aliphatic rings. The third-order valence-corrected chi connectivity index (χ3v) is 6.34. The number of hydrogen-bond donors (Lipinski definition) is 0. The molecule has 0 radical (unpaired) electrons. The number of benzene rings is 1. The monoisotopic (exact) mass is 382 g/mol. The van der Waals surface area contributed by atoms with E-state index in [4.69, 9.17) is 14.2 Å². The van der Waals surface area contributed by atoms with E-state index in [0.29, 0.717) is 11.3 Å². The van der Waals surface area contributed by atoms with Gasteiger partial charge in [0.05, 0.1) is 13.7 Å². The summed E-state index contributed by atoms with van der Waals surface area (Å²) < 4.78 is 17.2. The van der Waals surface area contributed by atoms with Crippen molar-refractivity contribution < 1.29 is 14.2 Å². The standard InChI is InChI=1S/C23H30N2O3/c1-18-13-19(3-4-22(18)26-2)14-25-15-20(16-28-21-5-9-24-10-6-21)23(17-25)7-11-27-12-8-23/h3-6,9-10,13,20H,7-8,11-12,14-17H2,1-2H3/t20-/m1/s1. The second-order valence-corrected chi connectivity index (χ2v) is 8.14. The Balaban J connectivity index is 1.45. The molecule has 0 aliphatic carbocycles. The molecule has 2 saturated heterocycles. The maximum Gasteiger partial charge on any atom is 0.122 e. The SMILES string of the molecule is COc1ccc(CN2C[C@H](COc3ccncc3)C3(CCOCC3)C2)cc1C. The quantitative estimate of drug-likeness (QED) is 0.762. The Bertz CT molecular complexity index is 775. The van der Waals surface area contributed by atoms with Gasteiger partial charge in [-0.25, -0.2) is 0 Å². The number of nitrogens with zero attached hydrogens (tertiary/aromatic N) is 2. The summed E-state index contributed by atoms with van der Waals surface area (Å²) in [5.74, 6) is 2.38. The number of hydrogen-bond acceptors (Lipinski definition) is 5. The highest BCUT2D eigenvalue weighted by molar-refractivity contribution is 5.36. The Morgan fingerprint density at radius 3 is 2.68 bits per heavy atom. The summed E-state index contributed by atoms with van der Waals surface area (Å²) in [6, 6.07) is 10.4. The minimum Gasteiger partial charge on any atom is -0.496 e. The molecule has 2 fully saturated rings. The molecule has 4 rings (SSSR count). The number of ether oxygens (including phenoxy) is 3. The third-order valence-electron chi connectivity index (χ3n) is 6.34. The van der Waals surface area contributed by atoms with Gasteiger partial charge in [-0.05, 0) is 54.5 Å². The van der Waals surface area contributed by atoms with Crippen molar-refractivity contribution >= 4 is 0 Å². The summed E-state index contributed by atoms with van der Waals surface area (Å²) in [5.41, 5.74) is 2.83. The molecule has 1 aromatic heterocycles. The predicted molar refractivity (Wildman–Crippen MR) is 109 cm³/mol. The highest BCUT2D eigenvalue weighted by Crippen LogP contribution is 2.45. The van der Waals surface area contributed by atoms with E-state index in [9.17, 15) is 0 Å². The molecular formula is C23H30N2O3. The highest BCUT2D eigenvalue weighted by Gasteiger charge is 2.47. The number of likely N-dealkylation sites (tertiary alicyclic amines) is 1. The van der Waals surface area contributed by atoms with Gasteiger partial charge < -0.3 is 14.2 Å². The van der Waals surface area contributed by atoms with Gasteiger partial charge in [0.15, 0.2) is 0 Å². The smallest absolute Gasteiger partial charge is 0.122 e. The van der Waals surface area contributed by atoms with Crippen molar-refractivity contribution in [3.05, 3.63) is 53.9 Å². The molecule has 1 atom stereocenters. The first-order valence-corrected chi connectivity index (χ1v) is 10.1. The van der Waals surface area contributed by atoms with Crippen LogP contribution < -0.4 is 9.47 Å². The summed E-state index contributed by atoms with van der Waals surface area (Å²) in [4.78, 5) is 6.66. The molecule has 28 heavy (non-hydrogen) atoms. The van der Waals surface area contributed by atoms with E-state index in [1.165, 1.54) is 11.1 Å².